The molecule has 0 aromatic heterocycles. The van der Waals surface area contributed by atoms with E-state index in [4.69, 9.17) is 11.6 Å². The minimum Gasteiger partial charge on any atom is -0.302 e. The predicted molar refractivity (Wildman–Crippen MR) is 75.4 cm³/mol. The molecule has 0 fully saturated rings. The van der Waals surface area contributed by atoms with Gasteiger partial charge in [0.05, 0.1) is 5.02 Å². The molecule has 0 heterocycles. The molecule has 0 amide bonds. The highest BCUT2D eigenvalue weighted by Gasteiger charge is 2.08. The second-order valence-corrected chi connectivity index (χ2v) is 5.40. The van der Waals surface area contributed by atoms with E-state index in [-0.39, 0.29) is 10.8 Å². The topological polar surface area (TPSA) is 3.24 Å². The van der Waals surface area contributed by atoms with Gasteiger partial charge in [0.1, 0.15) is 5.82 Å². The molecule has 0 atom stereocenters. The summed E-state index contributed by atoms with van der Waals surface area (Å²) in [5.74, 6) is -0.290. The molecule has 96 valence electrons. The van der Waals surface area contributed by atoms with Gasteiger partial charge in [0.2, 0.25) is 0 Å². The summed E-state index contributed by atoms with van der Waals surface area (Å²) in [6.07, 6.45) is 3.54. The molecule has 0 spiro atoms. The largest absolute Gasteiger partial charge is 0.302 e. The lowest BCUT2D eigenvalue weighted by Gasteiger charge is -2.17. The van der Waals surface area contributed by atoms with Crippen molar-refractivity contribution >= 4 is 27.5 Å². The van der Waals surface area contributed by atoms with Gasteiger partial charge in [0.15, 0.2) is 0 Å². The van der Waals surface area contributed by atoms with Crippen molar-refractivity contribution in [3.05, 3.63) is 34.6 Å². The molecular formula is C13H18BrClFN. The van der Waals surface area contributed by atoms with Crippen molar-refractivity contribution in [2.45, 2.75) is 25.8 Å². The van der Waals surface area contributed by atoms with Crippen molar-refractivity contribution in [3.8, 4) is 0 Å². The summed E-state index contributed by atoms with van der Waals surface area (Å²) in [5, 5.41) is 1.26. The molecular weight excluding hydrogens is 305 g/mol. The average Bonchev–Trinajstić information content (AvgIpc) is 2.31. The Morgan fingerprint density at radius 1 is 1.29 bits per heavy atom. The summed E-state index contributed by atoms with van der Waals surface area (Å²) in [7, 11) is 2.01. The maximum Gasteiger partial charge on any atom is 0.146 e. The van der Waals surface area contributed by atoms with Gasteiger partial charge in [0, 0.05) is 17.4 Å². The van der Waals surface area contributed by atoms with Gasteiger partial charge in [-0.15, -0.1) is 0 Å². The maximum absolute atomic E-state index is 13.6. The molecule has 1 nitrogen and oxygen atoms in total. The smallest absolute Gasteiger partial charge is 0.146 e. The molecule has 1 rings (SSSR count). The van der Waals surface area contributed by atoms with Gasteiger partial charge < -0.3 is 4.90 Å². The van der Waals surface area contributed by atoms with Crippen molar-refractivity contribution in [2.24, 2.45) is 0 Å². The normalized spacial score (nSPS) is 11.1. The van der Waals surface area contributed by atoms with Gasteiger partial charge in [0.25, 0.3) is 0 Å². The highest BCUT2D eigenvalue weighted by atomic mass is 79.9. The highest BCUT2D eigenvalue weighted by molar-refractivity contribution is 9.09. The third-order valence-corrected chi connectivity index (χ3v) is 3.50. The molecule has 0 aliphatic heterocycles. The summed E-state index contributed by atoms with van der Waals surface area (Å²) >= 11 is 9.15. The number of nitrogens with zero attached hydrogens (tertiary/aromatic N) is 1. The molecule has 0 saturated heterocycles. The molecule has 0 bridgehead atoms. The summed E-state index contributed by atoms with van der Waals surface area (Å²) in [6.45, 7) is 1.60. The molecule has 4 heteroatoms. The lowest BCUT2D eigenvalue weighted by atomic mass is 10.2. The highest BCUT2D eigenvalue weighted by Crippen LogP contribution is 2.19. The van der Waals surface area contributed by atoms with Crippen LogP contribution < -0.4 is 0 Å². The van der Waals surface area contributed by atoms with Crippen LogP contribution in [0.1, 0.15) is 24.8 Å². The number of halogens is 3. The third kappa shape index (κ3) is 5.36. The van der Waals surface area contributed by atoms with E-state index in [0.717, 1.165) is 18.3 Å². The number of unbranched alkanes of at least 4 members (excludes halogenated alkanes) is 2. The Hall–Kier alpha value is -0.120. The molecule has 17 heavy (non-hydrogen) atoms. The molecule has 1 aromatic carbocycles. The number of hydrogen-bond acceptors (Lipinski definition) is 1. The zero-order chi connectivity index (χ0) is 12.7. The summed E-state index contributed by atoms with van der Waals surface area (Å²) in [6, 6.07) is 5.16. The Morgan fingerprint density at radius 3 is 2.76 bits per heavy atom. The monoisotopic (exact) mass is 321 g/mol. The Bertz CT molecular complexity index is 346. The van der Waals surface area contributed by atoms with E-state index in [1.54, 1.807) is 18.2 Å². The zero-order valence-electron chi connectivity index (χ0n) is 10.1. The molecule has 0 N–H and O–H groups in total. The van der Waals surface area contributed by atoms with Gasteiger partial charge in [-0.2, -0.15) is 0 Å². The van der Waals surface area contributed by atoms with E-state index in [1.807, 2.05) is 7.05 Å². The van der Waals surface area contributed by atoms with E-state index < -0.39 is 0 Å². The van der Waals surface area contributed by atoms with E-state index in [9.17, 15) is 4.39 Å². The van der Waals surface area contributed by atoms with Crippen LogP contribution in [-0.4, -0.2) is 23.8 Å². The Kier molecular flexibility index (Phi) is 7.09. The third-order valence-electron chi connectivity index (χ3n) is 2.65. The first-order chi connectivity index (χ1) is 8.15. The van der Waals surface area contributed by atoms with Crippen molar-refractivity contribution in [3.63, 3.8) is 0 Å². The van der Waals surface area contributed by atoms with Crippen LogP contribution in [0.25, 0.3) is 0 Å². The Balaban J connectivity index is 2.39. The van der Waals surface area contributed by atoms with E-state index >= 15 is 0 Å². The van der Waals surface area contributed by atoms with E-state index in [2.05, 4.69) is 20.8 Å². The first-order valence-corrected chi connectivity index (χ1v) is 7.32. The van der Waals surface area contributed by atoms with Gasteiger partial charge in [-0.3, -0.25) is 0 Å². The average molecular weight is 323 g/mol. The van der Waals surface area contributed by atoms with Crippen LogP contribution in [0.15, 0.2) is 18.2 Å². The molecule has 0 aliphatic carbocycles. The Morgan fingerprint density at radius 2 is 2.06 bits per heavy atom. The second-order valence-electron chi connectivity index (χ2n) is 4.20. The van der Waals surface area contributed by atoms with Crippen LogP contribution in [0.2, 0.25) is 5.02 Å². The standard InChI is InChI=1S/C13H18BrClFN/c1-17(9-4-2-3-8-14)10-11-6-5-7-12(15)13(11)16/h5-7H,2-4,8-10H2,1H3. The maximum atomic E-state index is 13.6. The van der Waals surface area contributed by atoms with E-state index in [0.29, 0.717) is 12.1 Å². The molecule has 0 saturated carbocycles. The molecule has 0 unspecified atom stereocenters. The fourth-order valence-corrected chi connectivity index (χ4v) is 2.28. The number of rotatable bonds is 7. The Labute approximate surface area is 116 Å². The minimum atomic E-state index is -0.290. The van der Waals surface area contributed by atoms with Crippen molar-refractivity contribution in [2.75, 3.05) is 18.9 Å². The fourth-order valence-electron chi connectivity index (χ4n) is 1.69. The lowest BCUT2D eigenvalue weighted by molar-refractivity contribution is 0.313. The van der Waals surface area contributed by atoms with Crippen LogP contribution in [0.3, 0.4) is 0 Å². The van der Waals surface area contributed by atoms with E-state index in [1.165, 1.54) is 12.8 Å². The van der Waals surface area contributed by atoms with Gasteiger partial charge in [-0.1, -0.05) is 46.1 Å². The van der Waals surface area contributed by atoms with Crippen molar-refractivity contribution < 1.29 is 4.39 Å². The van der Waals surface area contributed by atoms with Gasteiger partial charge >= 0.3 is 0 Å². The van der Waals surface area contributed by atoms with Crippen LogP contribution >= 0.6 is 27.5 Å². The van der Waals surface area contributed by atoms with Crippen molar-refractivity contribution in [1.29, 1.82) is 0 Å². The number of benzene rings is 1. The van der Waals surface area contributed by atoms with Gasteiger partial charge in [-0.25, -0.2) is 4.39 Å². The minimum absolute atomic E-state index is 0.204. The first kappa shape index (κ1) is 14.9. The van der Waals surface area contributed by atoms with Crippen LogP contribution in [0.4, 0.5) is 4.39 Å². The summed E-state index contributed by atoms with van der Waals surface area (Å²) in [5.41, 5.74) is 0.667. The molecule has 1 aromatic rings. The fraction of sp³-hybridized carbons (Fsp3) is 0.538. The van der Waals surface area contributed by atoms with Crippen LogP contribution in [0.5, 0.6) is 0 Å². The number of alkyl halides is 1. The van der Waals surface area contributed by atoms with Crippen LogP contribution in [0, 0.1) is 5.82 Å². The SMILES string of the molecule is CN(CCCCCBr)Cc1cccc(Cl)c1F. The van der Waals surface area contributed by atoms with Gasteiger partial charge in [-0.05, 0) is 32.5 Å². The predicted octanol–water partition coefficient (Wildman–Crippen LogP) is 4.48. The quantitative estimate of drug-likeness (QED) is 0.528. The van der Waals surface area contributed by atoms with Crippen molar-refractivity contribution in [1.82, 2.24) is 4.90 Å². The first-order valence-electron chi connectivity index (χ1n) is 5.82. The summed E-state index contributed by atoms with van der Waals surface area (Å²) < 4.78 is 13.6. The second kappa shape index (κ2) is 8.06. The van der Waals surface area contributed by atoms with Crippen LogP contribution in [-0.2, 0) is 6.54 Å². The summed E-state index contributed by atoms with van der Waals surface area (Å²) in [4.78, 5) is 2.13. The molecule has 0 aliphatic rings. The number of hydrogen-bond donors (Lipinski definition) is 0. The lowest BCUT2D eigenvalue weighted by Crippen LogP contribution is -2.19. The zero-order valence-corrected chi connectivity index (χ0v) is 12.4. The molecule has 0 radical (unpaired) electrons.